The van der Waals surface area contributed by atoms with E-state index in [0.29, 0.717) is 6.42 Å². The average Bonchev–Trinajstić information content (AvgIpc) is 2.54. The van der Waals surface area contributed by atoms with Gasteiger partial charge in [-0.3, -0.25) is 4.79 Å². The number of hydrogen-bond acceptors (Lipinski definition) is 3. The number of methoxy groups -OCH3 is 2. The molecule has 4 nitrogen and oxygen atoms in total. The summed E-state index contributed by atoms with van der Waals surface area (Å²) >= 11 is 0. The van der Waals surface area contributed by atoms with Gasteiger partial charge in [0.25, 0.3) is 0 Å². The highest BCUT2D eigenvalue weighted by Crippen LogP contribution is 2.61. The molecule has 5 aliphatic rings. The topological polar surface area (TPSA) is 47.6 Å². The fourth-order valence-electron chi connectivity index (χ4n) is 6.42. The number of carbonyl (C=O) groups is 1. The SMILES string of the molecule is COC1=CC(OC)C(C)C(NC(=O)CC23CC4CC(CC(C4)C2)C3)=C1. The maximum Gasteiger partial charge on any atom is 0.224 e. The first-order chi connectivity index (χ1) is 12.0. The van der Waals surface area contributed by atoms with Crippen LogP contribution in [-0.2, 0) is 14.3 Å². The van der Waals surface area contributed by atoms with E-state index in [4.69, 9.17) is 9.47 Å². The van der Waals surface area contributed by atoms with E-state index < -0.39 is 0 Å². The van der Waals surface area contributed by atoms with Gasteiger partial charge in [0.15, 0.2) is 0 Å². The Labute approximate surface area is 151 Å². The monoisotopic (exact) mass is 345 g/mol. The second-order valence-corrected chi connectivity index (χ2v) is 9.00. The van der Waals surface area contributed by atoms with E-state index in [1.54, 1.807) is 14.2 Å². The quantitative estimate of drug-likeness (QED) is 0.825. The van der Waals surface area contributed by atoms with Crippen LogP contribution in [0.4, 0.5) is 0 Å². The molecule has 4 bridgehead atoms. The summed E-state index contributed by atoms with van der Waals surface area (Å²) in [6.45, 7) is 2.09. The minimum Gasteiger partial charge on any atom is -0.497 e. The lowest BCUT2D eigenvalue weighted by molar-refractivity contribution is -0.128. The third kappa shape index (κ3) is 3.25. The van der Waals surface area contributed by atoms with E-state index in [1.165, 1.54) is 38.5 Å². The highest BCUT2D eigenvalue weighted by atomic mass is 16.5. The molecule has 0 spiro atoms. The molecule has 4 fully saturated rings. The van der Waals surface area contributed by atoms with Crippen molar-refractivity contribution in [3.8, 4) is 0 Å². The molecule has 0 aromatic rings. The summed E-state index contributed by atoms with van der Waals surface area (Å²) in [6.07, 6.45) is 12.6. The van der Waals surface area contributed by atoms with Crippen LogP contribution in [0.5, 0.6) is 0 Å². The first-order valence-corrected chi connectivity index (χ1v) is 9.80. The van der Waals surface area contributed by atoms with Gasteiger partial charge in [0.2, 0.25) is 5.91 Å². The van der Waals surface area contributed by atoms with Crippen molar-refractivity contribution in [2.24, 2.45) is 29.1 Å². The van der Waals surface area contributed by atoms with E-state index in [1.807, 2.05) is 12.2 Å². The van der Waals surface area contributed by atoms with Crippen molar-refractivity contribution in [1.82, 2.24) is 5.32 Å². The minimum absolute atomic E-state index is 0.0604. The van der Waals surface area contributed by atoms with E-state index >= 15 is 0 Å². The van der Waals surface area contributed by atoms with E-state index in [-0.39, 0.29) is 23.3 Å². The average molecular weight is 345 g/mol. The molecule has 0 heterocycles. The van der Waals surface area contributed by atoms with Crippen molar-refractivity contribution in [2.45, 2.75) is 58.0 Å². The lowest BCUT2D eigenvalue weighted by Crippen LogP contribution is -2.48. The number of hydrogen-bond donors (Lipinski definition) is 1. The Morgan fingerprint density at radius 2 is 1.76 bits per heavy atom. The van der Waals surface area contributed by atoms with Crippen molar-refractivity contribution >= 4 is 5.91 Å². The molecule has 2 unspecified atom stereocenters. The second kappa shape index (κ2) is 6.46. The van der Waals surface area contributed by atoms with Gasteiger partial charge in [-0.15, -0.1) is 0 Å². The van der Waals surface area contributed by atoms with Crippen LogP contribution in [0, 0.1) is 29.1 Å². The lowest BCUT2D eigenvalue weighted by Gasteiger charge is -2.56. The Kier molecular flexibility index (Phi) is 4.43. The van der Waals surface area contributed by atoms with Crippen molar-refractivity contribution in [3.63, 3.8) is 0 Å². The Balaban J connectivity index is 1.44. The zero-order chi connectivity index (χ0) is 17.6. The second-order valence-electron chi connectivity index (χ2n) is 9.00. The van der Waals surface area contributed by atoms with Crippen molar-refractivity contribution in [1.29, 1.82) is 0 Å². The fourth-order valence-corrected chi connectivity index (χ4v) is 6.42. The van der Waals surface area contributed by atoms with Gasteiger partial charge >= 0.3 is 0 Å². The van der Waals surface area contributed by atoms with E-state index in [9.17, 15) is 4.79 Å². The normalized spacial score (nSPS) is 42.0. The summed E-state index contributed by atoms with van der Waals surface area (Å²) in [5.41, 5.74) is 1.19. The molecule has 0 aromatic carbocycles. The molecule has 4 heteroatoms. The highest BCUT2D eigenvalue weighted by Gasteiger charge is 2.51. The molecular weight excluding hydrogens is 314 g/mol. The number of allylic oxidation sites excluding steroid dienone is 1. The maximum absolute atomic E-state index is 12.9. The molecule has 25 heavy (non-hydrogen) atoms. The van der Waals surface area contributed by atoms with Gasteiger partial charge in [0.1, 0.15) is 5.76 Å². The van der Waals surface area contributed by atoms with Gasteiger partial charge in [-0.1, -0.05) is 6.92 Å². The number of nitrogens with one attached hydrogen (secondary N) is 1. The number of rotatable bonds is 5. The molecule has 0 radical (unpaired) electrons. The van der Waals surface area contributed by atoms with Gasteiger partial charge in [-0.2, -0.15) is 0 Å². The van der Waals surface area contributed by atoms with Crippen LogP contribution in [0.15, 0.2) is 23.6 Å². The van der Waals surface area contributed by atoms with E-state index in [2.05, 4.69) is 12.2 Å². The summed E-state index contributed by atoms with van der Waals surface area (Å²) in [7, 11) is 3.35. The van der Waals surface area contributed by atoms with Crippen LogP contribution in [0.25, 0.3) is 0 Å². The van der Waals surface area contributed by atoms with Crippen molar-refractivity contribution in [2.75, 3.05) is 14.2 Å². The first-order valence-electron chi connectivity index (χ1n) is 9.80. The number of ether oxygens (including phenoxy) is 2. The Hall–Kier alpha value is -1.29. The summed E-state index contributed by atoms with van der Waals surface area (Å²) in [6, 6.07) is 0. The number of carbonyl (C=O) groups excluding carboxylic acids is 1. The molecule has 0 aromatic heterocycles. The smallest absolute Gasteiger partial charge is 0.224 e. The predicted octanol–water partition coefficient (Wildman–Crippen LogP) is 3.79. The van der Waals surface area contributed by atoms with Gasteiger partial charge in [0, 0.05) is 25.1 Å². The fraction of sp³-hybridized carbons (Fsp3) is 0.762. The third-order valence-electron chi connectivity index (χ3n) is 7.10. The van der Waals surface area contributed by atoms with Gasteiger partial charge < -0.3 is 14.8 Å². The summed E-state index contributed by atoms with van der Waals surface area (Å²) in [4.78, 5) is 12.9. The molecule has 1 amide bonds. The van der Waals surface area contributed by atoms with Crippen LogP contribution in [0.1, 0.15) is 51.9 Å². The van der Waals surface area contributed by atoms with Crippen LogP contribution < -0.4 is 5.32 Å². The zero-order valence-corrected chi connectivity index (χ0v) is 15.7. The van der Waals surface area contributed by atoms with Gasteiger partial charge in [-0.05, 0) is 73.8 Å². The number of amides is 1. The van der Waals surface area contributed by atoms with Gasteiger partial charge in [0.05, 0.1) is 13.2 Å². The Morgan fingerprint density at radius 1 is 1.16 bits per heavy atom. The minimum atomic E-state index is -0.0604. The molecule has 0 saturated heterocycles. The zero-order valence-electron chi connectivity index (χ0n) is 15.7. The van der Waals surface area contributed by atoms with E-state index in [0.717, 1.165) is 29.2 Å². The van der Waals surface area contributed by atoms with Crippen LogP contribution in [0.2, 0.25) is 0 Å². The Morgan fingerprint density at radius 3 is 2.28 bits per heavy atom. The predicted molar refractivity (Wildman–Crippen MR) is 96.5 cm³/mol. The van der Waals surface area contributed by atoms with Gasteiger partial charge in [-0.25, -0.2) is 0 Å². The van der Waals surface area contributed by atoms with Crippen LogP contribution in [0.3, 0.4) is 0 Å². The molecule has 138 valence electrons. The molecular formula is C21H31NO3. The Bertz CT molecular complexity index is 571. The van der Waals surface area contributed by atoms with Crippen molar-refractivity contribution in [3.05, 3.63) is 23.6 Å². The summed E-state index contributed by atoms with van der Waals surface area (Å²) < 4.78 is 10.9. The maximum atomic E-state index is 12.9. The molecule has 4 saturated carbocycles. The van der Waals surface area contributed by atoms with Crippen LogP contribution in [-0.4, -0.2) is 26.2 Å². The molecule has 5 aliphatic carbocycles. The van der Waals surface area contributed by atoms with Crippen LogP contribution >= 0.6 is 0 Å². The molecule has 0 aliphatic heterocycles. The summed E-state index contributed by atoms with van der Waals surface area (Å²) in [5.74, 6) is 3.71. The molecule has 5 rings (SSSR count). The first kappa shape index (κ1) is 17.1. The summed E-state index contributed by atoms with van der Waals surface area (Å²) in [5, 5.41) is 3.19. The molecule has 2 atom stereocenters. The molecule has 1 N–H and O–H groups in total. The highest BCUT2D eigenvalue weighted by molar-refractivity contribution is 5.79. The lowest BCUT2D eigenvalue weighted by atomic mass is 9.49. The third-order valence-corrected chi connectivity index (χ3v) is 7.10. The van der Waals surface area contributed by atoms with Crippen molar-refractivity contribution < 1.29 is 14.3 Å². The largest absolute Gasteiger partial charge is 0.497 e. The standard InChI is InChI=1S/C21H31NO3/c1-13-18(7-17(24-2)8-19(13)25-3)22-20(23)12-21-9-14-4-15(10-21)6-16(5-14)11-21/h7-8,13-16,19H,4-6,9-12H2,1-3H3,(H,22,23).